The number of hydrogen-bond donors (Lipinski definition) is 1. The highest BCUT2D eigenvalue weighted by molar-refractivity contribution is 6.74. The summed E-state index contributed by atoms with van der Waals surface area (Å²) in [7, 11) is -2.01. The van der Waals surface area contributed by atoms with E-state index in [0.717, 1.165) is 31.2 Å². The molecule has 44 heavy (non-hydrogen) atoms. The maximum atomic E-state index is 14.4. The van der Waals surface area contributed by atoms with Crippen molar-refractivity contribution in [2.24, 2.45) is 0 Å². The molecule has 2 aromatic carbocycles. The number of nitrogens with zero attached hydrogens (tertiary/aromatic N) is 3. The van der Waals surface area contributed by atoms with Gasteiger partial charge in [0.2, 0.25) is 5.75 Å². The normalized spacial score (nSPS) is 16.8. The lowest BCUT2D eigenvalue weighted by Gasteiger charge is -2.40. The quantitative estimate of drug-likeness (QED) is 0.227. The fraction of sp³-hybridized carbons (Fsp3) is 0.514. The lowest BCUT2D eigenvalue weighted by Crippen LogP contribution is -2.53. The summed E-state index contributed by atoms with van der Waals surface area (Å²) in [5.74, 6) is -0.151. The average molecular weight is 618 g/mol. The van der Waals surface area contributed by atoms with E-state index in [1.54, 1.807) is 4.90 Å². The van der Waals surface area contributed by atoms with Crippen LogP contribution in [0.25, 0.3) is 0 Å². The van der Waals surface area contributed by atoms with Gasteiger partial charge in [0, 0.05) is 18.4 Å². The first-order chi connectivity index (χ1) is 21.0. The monoisotopic (exact) mass is 617 g/mol. The van der Waals surface area contributed by atoms with Gasteiger partial charge in [-0.1, -0.05) is 94.3 Å². The van der Waals surface area contributed by atoms with E-state index in [-0.39, 0.29) is 46.3 Å². The molecule has 1 aliphatic carbocycles. The van der Waals surface area contributed by atoms with E-state index in [1.165, 1.54) is 5.56 Å². The first-order valence-electron chi connectivity index (χ1n) is 15.8. The molecule has 1 aliphatic heterocycles. The standard InChI is InChI=1S/C35H47N3O5Si/c1-34(2,3)44(4,5)43-21-20-38(28-24-41-25-28)33(40)30-31(42-23-26-14-8-6-9-15-26)32(39)37-29(36-30)22-35(18-12-13-19-35)27-16-10-7-11-17-27/h6-11,14-17,28H,12-13,18-25H2,1-5H3,(H,36,37,39). The molecule has 1 saturated carbocycles. The largest absolute Gasteiger partial charge is 0.491 e. The Morgan fingerprint density at radius 2 is 1.66 bits per heavy atom. The minimum absolute atomic E-state index is 0.0124. The molecule has 0 spiro atoms. The minimum atomic E-state index is -2.01. The van der Waals surface area contributed by atoms with Crippen molar-refractivity contribution in [2.75, 3.05) is 26.4 Å². The van der Waals surface area contributed by atoms with Crippen LogP contribution in [0.3, 0.4) is 0 Å². The molecule has 0 atom stereocenters. The lowest BCUT2D eigenvalue weighted by molar-refractivity contribution is -0.0568. The summed E-state index contributed by atoms with van der Waals surface area (Å²) < 4.78 is 18.1. The molecule has 1 amide bonds. The Bertz CT molecular complexity index is 1400. The van der Waals surface area contributed by atoms with Gasteiger partial charge in [0.15, 0.2) is 14.0 Å². The van der Waals surface area contributed by atoms with Gasteiger partial charge in [0.1, 0.15) is 12.4 Å². The highest BCUT2D eigenvalue weighted by Crippen LogP contribution is 2.44. The third-order valence-electron chi connectivity index (χ3n) is 9.69. The molecule has 1 aromatic heterocycles. The van der Waals surface area contributed by atoms with Crippen molar-refractivity contribution < 1.29 is 23.8 Å². The second kappa shape index (κ2) is 13.4. The van der Waals surface area contributed by atoms with Crippen LogP contribution in [0.5, 0.6) is 11.6 Å². The smallest absolute Gasteiger partial charge is 0.277 e. The number of amides is 1. The van der Waals surface area contributed by atoms with Crippen LogP contribution in [0.1, 0.15) is 73.9 Å². The summed E-state index contributed by atoms with van der Waals surface area (Å²) in [5, 5.41) is 11.4. The zero-order valence-electron chi connectivity index (χ0n) is 26.8. The average Bonchev–Trinajstić information content (AvgIpc) is 3.44. The van der Waals surface area contributed by atoms with Crippen molar-refractivity contribution in [1.82, 2.24) is 14.9 Å². The van der Waals surface area contributed by atoms with E-state index in [2.05, 4.69) is 63.1 Å². The van der Waals surface area contributed by atoms with E-state index >= 15 is 0 Å². The fourth-order valence-corrected chi connectivity index (χ4v) is 6.92. The van der Waals surface area contributed by atoms with E-state index in [9.17, 15) is 9.90 Å². The van der Waals surface area contributed by atoms with Crippen molar-refractivity contribution in [3.05, 3.63) is 83.3 Å². The van der Waals surface area contributed by atoms with Crippen LogP contribution in [-0.4, -0.2) is 66.6 Å². The first-order valence-corrected chi connectivity index (χ1v) is 18.7. The number of hydrogen-bond acceptors (Lipinski definition) is 7. The zero-order chi connectivity index (χ0) is 31.4. The number of aromatic hydroxyl groups is 1. The van der Waals surface area contributed by atoms with Gasteiger partial charge in [0.05, 0.1) is 25.9 Å². The number of rotatable bonds is 12. The topological polar surface area (TPSA) is 94.0 Å². The molecule has 8 nitrogen and oxygen atoms in total. The maximum absolute atomic E-state index is 14.4. The number of aromatic nitrogens is 2. The van der Waals surface area contributed by atoms with Gasteiger partial charge in [0.25, 0.3) is 11.8 Å². The highest BCUT2D eigenvalue weighted by atomic mass is 28.4. The first kappa shape index (κ1) is 32.1. The SMILES string of the molecule is CC(C)(C)[Si](C)(C)OCCN(C(=O)c1nc(CC2(c3ccccc3)CCCC2)nc(O)c1OCc1ccccc1)C1COC1. The molecule has 2 aliphatic rings. The van der Waals surface area contributed by atoms with E-state index < -0.39 is 8.32 Å². The molecular weight excluding hydrogens is 570 g/mol. The summed E-state index contributed by atoms with van der Waals surface area (Å²) >= 11 is 0. The Hall–Kier alpha value is -3.27. The van der Waals surface area contributed by atoms with Crippen LogP contribution in [0.2, 0.25) is 18.1 Å². The molecule has 1 saturated heterocycles. The minimum Gasteiger partial charge on any atom is -0.491 e. The predicted molar refractivity (Wildman–Crippen MR) is 174 cm³/mol. The summed E-state index contributed by atoms with van der Waals surface area (Å²) in [6.07, 6.45) is 4.79. The molecule has 0 radical (unpaired) electrons. The molecule has 9 heteroatoms. The molecule has 5 rings (SSSR count). The number of ether oxygens (including phenoxy) is 2. The zero-order valence-corrected chi connectivity index (χ0v) is 27.8. The van der Waals surface area contributed by atoms with Crippen LogP contribution in [0.4, 0.5) is 0 Å². The van der Waals surface area contributed by atoms with Gasteiger partial charge in [-0.05, 0) is 42.1 Å². The Balaban J connectivity index is 1.47. The van der Waals surface area contributed by atoms with Gasteiger partial charge in [-0.25, -0.2) is 4.98 Å². The van der Waals surface area contributed by atoms with Crippen molar-refractivity contribution in [2.45, 2.75) is 89.1 Å². The molecule has 0 unspecified atom stereocenters. The van der Waals surface area contributed by atoms with Crippen LogP contribution >= 0.6 is 0 Å². The van der Waals surface area contributed by atoms with Crippen LogP contribution in [-0.2, 0) is 27.6 Å². The summed E-state index contributed by atoms with van der Waals surface area (Å²) in [6.45, 7) is 12.9. The van der Waals surface area contributed by atoms with Crippen LogP contribution < -0.4 is 4.74 Å². The van der Waals surface area contributed by atoms with Gasteiger partial charge in [-0.2, -0.15) is 4.98 Å². The Morgan fingerprint density at radius 3 is 2.25 bits per heavy atom. The van der Waals surface area contributed by atoms with Crippen LogP contribution in [0.15, 0.2) is 60.7 Å². The van der Waals surface area contributed by atoms with Gasteiger partial charge >= 0.3 is 0 Å². The molecule has 0 bridgehead atoms. The third kappa shape index (κ3) is 7.16. The van der Waals surface area contributed by atoms with Gasteiger partial charge in [-0.3, -0.25) is 4.79 Å². The Labute approximate surface area is 262 Å². The molecule has 2 heterocycles. The molecule has 236 valence electrons. The number of carbonyl (C=O) groups excluding carboxylic acids is 1. The van der Waals surface area contributed by atoms with Gasteiger partial charge < -0.3 is 23.9 Å². The molecular formula is C35H47N3O5Si. The Kier molecular flexibility index (Phi) is 9.77. The maximum Gasteiger partial charge on any atom is 0.277 e. The lowest BCUT2D eigenvalue weighted by atomic mass is 9.76. The third-order valence-corrected chi connectivity index (χ3v) is 14.2. The van der Waals surface area contributed by atoms with Crippen LogP contribution in [0, 0.1) is 0 Å². The fourth-order valence-electron chi connectivity index (χ4n) is 5.89. The second-order valence-corrected chi connectivity index (χ2v) is 18.6. The predicted octanol–water partition coefficient (Wildman–Crippen LogP) is 6.68. The van der Waals surface area contributed by atoms with Crippen molar-refractivity contribution in [3.63, 3.8) is 0 Å². The van der Waals surface area contributed by atoms with Gasteiger partial charge in [-0.15, -0.1) is 0 Å². The summed E-state index contributed by atoms with van der Waals surface area (Å²) in [5.41, 5.74) is 2.10. The van der Waals surface area contributed by atoms with E-state index in [4.69, 9.17) is 18.9 Å². The second-order valence-electron chi connectivity index (χ2n) is 13.7. The highest BCUT2D eigenvalue weighted by Gasteiger charge is 2.40. The van der Waals surface area contributed by atoms with E-state index in [0.29, 0.717) is 38.6 Å². The number of benzene rings is 2. The van der Waals surface area contributed by atoms with Crippen molar-refractivity contribution >= 4 is 14.2 Å². The molecule has 1 N–H and O–H groups in total. The number of carbonyl (C=O) groups is 1. The Morgan fingerprint density at radius 1 is 1.02 bits per heavy atom. The molecule has 3 aromatic rings. The van der Waals surface area contributed by atoms with Crippen molar-refractivity contribution in [1.29, 1.82) is 0 Å². The summed E-state index contributed by atoms with van der Waals surface area (Å²) in [4.78, 5) is 25.6. The molecule has 2 fully saturated rings. The van der Waals surface area contributed by atoms with Crippen molar-refractivity contribution in [3.8, 4) is 11.6 Å². The van der Waals surface area contributed by atoms with E-state index in [1.807, 2.05) is 36.4 Å². The summed E-state index contributed by atoms with van der Waals surface area (Å²) in [6, 6.07) is 20.0.